The van der Waals surface area contributed by atoms with Gasteiger partial charge < -0.3 is 31.8 Å². The van der Waals surface area contributed by atoms with Gasteiger partial charge in [-0.3, -0.25) is 9.59 Å². The van der Waals surface area contributed by atoms with Crippen LogP contribution in [0.3, 0.4) is 0 Å². The number of nitrogens with one attached hydrogen (secondary N) is 4. The van der Waals surface area contributed by atoms with Gasteiger partial charge >= 0.3 is 5.97 Å². The van der Waals surface area contributed by atoms with E-state index in [4.69, 9.17) is 5.73 Å². The van der Waals surface area contributed by atoms with Crippen molar-refractivity contribution in [2.24, 2.45) is 5.73 Å². The predicted molar refractivity (Wildman–Crippen MR) is 97.7 cm³/mol. The first kappa shape index (κ1) is 24.1. The maximum atomic E-state index is 12.7. The van der Waals surface area contributed by atoms with E-state index in [0.717, 1.165) is 13.0 Å². The quantitative estimate of drug-likeness (QED) is 0.186. The summed E-state index contributed by atoms with van der Waals surface area (Å²) in [5, 5.41) is 17.7. The monoisotopic (exact) mass is 443 g/mol. The molecule has 1 aromatic heterocycles. The molecule has 0 aliphatic carbocycles. The van der Waals surface area contributed by atoms with Crippen LogP contribution in [0.2, 0.25) is 0 Å². The average Bonchev–Trinajstić information content (AvgIpc) is 3.33. The van der Waals surface area contributed by atoms with Crippen LogP contribution in [0.4, 0.5) is 0 Å². The number of amides is 2. The zero-order chi connectivity index (χ0) is 19.6. The van der Waals surface area contributed by atoms with Crippen molar-refractivity contribution in [3.05, 3.63) is 18.2 Å². The molecule has 2 rings (SSSR count). The van der Waals surface area contributed by atoms with Crippen molar-refractivity contribution in [1.29, 1.82) is 0 Å². The van der Waals surface area contributed by atoms with E-state index in [2.05, 4.69) is 25.9 Å². The van der Waals surface area contributed by atoms with Crippen molar-refractivity contribution in [3.8, 4) is 0 Å². The number of nitrogens with two attached hydrogens (primary N) is 1. The maximum Gasteiger partial charge on any atom is 0.326 e. The Balaban J connectivity index is 0.00000392. The van der Waals surface area contributed by atoms with Gasteiger partial charge in [0.15, 0.2) is 0 Å². The van der Waals surface area contributed by atoms with Gasteiger partial charge in [0, 0.05) is 29.7 Å². The van der Waals surface area contributed by atoms with E-state index in [0.29, 0.717) is 31.5 Å². The Kier molecular flexibility index (Phi) is 10.8. The topological polar surface area (TPSA) is 162 Å². The van der Waals surface area contributed by atoms with Crippen molar-refractivity contribution >= 4 is 17.8 Å². The number of aliphatic carboxylic acids is 1. The normalized spacial score (nSPS) is 18.0. The molecule has 0 saturated carbocycles. The number of nitrogens with zero attached hydrogens (tertiary/aromatic N) is 1. The second kappa shape index (κ2) is 12.5. The Morgan fingerprint density at radius 2 is 2.07 bits per heavy atom. The number of carboxylic acids is 1. The molecule has 1 aliphatic heterocycles. The fraction of sp³-hybridized carbons (Fsp3) is 0.647. The fourth-order valence-electron chi connectivity index (χ4n) is 3.02. The molecular formula is C17H28CuN6O4. The Hall–Kier alpha value is -1.94. The van der Waals surface area contributed by atoms with Crippen LogP contribution in [0, 0.1) is 0 Å². The number of aromatic amines is 1. The number of rotatable bonds is 11. The van der Waals surface area contributed by atoms with E-state index in [9.17, 15) is 19.5 Å². The maximum absolute atomic E-state index is 12.7. The van der Waals surface area contributed by atoms with Crippen LogP contribution < -0.4 is 21.7 Å². The summed E-state index contributed by atoms with van der Waals surface area (Å²) in [4.78, 5) is 43.4. The van der Waals surface area contributed by atoms with E-state index < -0.39 is 24.0 Å². The molecule has 3 atom stereocenters. The van der Waals surface area contributed by atoms with E-state index in [1.54, 1.807) is 6.20 Å². The molecule has 7 N–H and O–H groups in total. The summed E-state index contributed by atoms with van der Waals surface area (Å²) in [5.41, 5.74) is 6.03. The molecule has 1 saturated heterocycles. The van der Waals surface area contributed by atoms with Crippen LogP contribution in [-0.2, 0) is 37.9 Å². The van der Waals surface area contributed by atoms with Gasteiger partial charge in [0.1, 0.15) is 12.1 Å². The Bertz CT molecular complexity index is 621. The Labute approximate surface area is 174 Å². The molecule has 1 aliphatic rings. The number of hydrogen-bond donors (Lipinski definition) is 6. The van der Waals surface area contributed by atoms with Gasteiger partial charge in [0.25, 0.3) is 0 Å². The van der Waals surface area contributed by atoms with Crippen LogP contribution in [-0.4, -0.2) is 64.1 Å². The van der Waals surface area contributed by atoms with Gasteiger partial charge in [0.2, 0.25) is 11.8 Å². The summed E-state index contributed by atoms with van der Waals surface area (Å²) >= 11 is 0. The number of imidazole rings is 1. The van der Waals surface area contributed by atoms with Gasteiger partial charge in [-0.1, -0.05) is 0 Å². The van der Waals surface area contributed by atoms with Crippen LogP contribution in [0.15, 0.2) is 12.5 Å². The minimum atomic E-state index is -1.11. The minimum absolute atomic E-state index is 0. The summed E-state index contributed by atoms with van der Waals surface area (Å²) < 4.78 is 0. The SMILES string of the molecule is NCCCCC(NC(=O)C(Cc1c[nH]cn1)NC(=O)C1CCCN1)C(=O)O.[Cu]. The summed E-state index contributed by atoms with van der Waals surface area (Å²) in [7, 11) is 0. The van der Waals surface area contributed by atoms with E-state index in [1.165, 1.54) is 6.33 Å². The van der Waals surface area contributed by atoms with Gasteiger partial charge in [-0.2, -0.15) is 0 Å². The van der Waals surface area contributed by atoms with Gasteiger partial charge in [-0.25, -0.2) is 9.78 Å². The van der Waals surface area contributed by atoms with Gasteiger partial charge in [-0.05, 0) is 45.2 Å². The van der Waals surface area contributed by atoms with Crippen LogP contribution >= 0.6 is 0 Å². The largest absolute Gasteiger partial charge is 0.480 e. The minimum Gasteiger partial charge on any atom is -0.480 e. The second-order valence-electron chi connectivity index (χ2n) is 6.66. The number of carboxylic acid groups (broad SMARTS) is 1. The molecule has 2 heterocycles. The number of H-pyrrole nitrogens is 1. The average molecular weight is 444 g/mol. The van der Waals surface area contributed by atoms with E-state index in [1.807, 2.05) is 0 Å². The molecule has 1 radical (unpaired) electrons. The van der Waals surface area contributed by atoms with Crippen molar-refractivity contribution < 1.29 is 36.6 Å². The van der Waals surface area contributed by atoms with Gasteiger partial charge in [-0.15, -0.1) is 0 Å². The summed E-state index contributed by atoms with van der Waals surface area (Å²) in [6.45, 7) is 1.23. The molecule has 28 heavy (non-hydrogen) atoms. The van der Waals surface area contributed by atoms with Crippen LogP contribution in [0.1, 0.15) is 37.8 Å². The standard InChI is InChI=1S/C17H28N6O4.Cu/c18-6-2-1-4-13(17(26)27)22-16(25)14(8-11-9-19-10-21-11)23-15(24)12-5-3-7-20-12;/h9-10,12-14,20H,1-8,18H2,(H,19,21)(H,22,25)(H,23,24)(H,26,27);. The second-order valence-corrected chi connectivity index (χ2v) is 6.66. The molecule has 3 unspecified atom stereocenters. The van der Waals surface area contributed by atoms with E-state index >= 15 is 0 Å². The van der Waals surface area contributed by atoms with Crippen LogP contribution in [0.25, 0.3) is 0 Å². The number of carbonyl (C=O) groups is 3. The summed E-state index contributed by atoms with van der Waals surface area (Å²) in [6, 6.07) is -2.26. The van der Waals surface area contributed by atoms with Crippen molar-refractivity contribution in [2.75, 3.05) is 13.1 Å². The molecule has 161 valence electrons. The fourth-order valence-corrected chi connectivity index (χ4v) is 3.02. The summed E-state index contributed by atoms with van der Waals surface area (Å²) in [5.74, 6) is -1.91. The first-order valence-corrected chi connectivity index (χ1v) is 9.26. The van der Waals surface area contributed by atoms with E-state index in [-0.39, 0.29) is 41.9 Å². The molecule has 10 nitrogen and oxygen atoms in total. The summed E-state index contributed by atoms with van der Waals surface area (Å²) in [6.07, 6.45) is 6.45. The Morgan fingerprint density at radius 3 is 2.64 bits per heavy atom. The molecule has 2 amide bonds. The van der Waals surface area contributed by atoms with Gasteiger partial charge in [0.05, 0.1) is 18.1 Å². The molecule has 1 fully saturated rings. The predicted octanol–water partition coefficient (Wildman–Crippen LogP) is -1.12. The van der Waals surface area contributed by atoms with Crippen molar-refractivity contribution in [1.82, 2.24) is 25.9 Å². The zero-order valence-electron chi connectivity index (χ0n) is 15.5. The molecule has 11 heteroatoms. The first-order valence-electron chi connectivity index (χ1n) is 9.26. The third kappa shape index (κ3) is 7.59. The zero-order valence-corrected chi connectivity index (χ0v) is 16.5. The number of aromatic nitrogens is 2. The molecule has 0 bridgehead atoms. The van der Waals surface area contributed by atoms with Crippen LogP contribution in [0.5, 0.6) is 0 Å². The van der Waals surface area contributed by atoms with Crippen molar-refractivity contribution in [2.45, 2.75) is 56.7 Å². The number of carbonyl (C=O) groups excluding carboxylic acids is 2. The molecule has 0 aromatic carbocycles. The third-order valence-electron chi connectivity index (χ3n) is 4.54. The Morgan fingerprint density at radius 1 is 1.29 bits per heavy atom. The number of hydrogen-bond acceptors (Lipinski definition) is 6. The molecule has 0 spiro atoms. The third-order valence-corrected chi connectivity index (χ3v) is 4.54. The molecular weight excluding hydrogens is 416 g/mol. The smallest absolute Gasteiger partial charge is 0.326 e. The van der Waals surface area contributed by atoms with Crippen molar-refractivity contribution in [3.63, 3.8) is 0 Å². The first-order chi connectivity index (χ1) is 13.0. The number of unbranched alkanes of at least 4 members (excludes halogenated alkanes) is 1. The molecule has 1 aromatic rings.